The van der Waals surface area contributed by atoms with Gasteiger partial charge in [-0.05, 0) is 31.6 Å². The molecule has 0 unspecified atom stereocenters. The van der Waals surface area contributed by atoms with Gasteiger partial charge in [-0.3, -0.25) is 4.79 Å². The molecule has 0 amide bonds. The van der Waals surface area contributed by atoms with E-state index in [1.165, 1.54) is 0 Å². The standard InChI is InChI=1S/C14H20N2O2S/c1-18-9-10-5-7-16(8-6-10)14-15-11-3-2-4-12(17)13(11)19-14/h10H,2-9H2,1H3. The van der Waals surface area contributed by atoms with E-state index < -0.39 is 0 Å². The zero-order chi connectivity index (χ0) is 13.2. The average molecular weight is 280 g/mol. The minimum absolute atomic E-state index is 0.291. The largest absolute Gasteiger partial charge is 0.384 e. The molecule has 5 heteroatoms. The van der Waals surface area contributed by atoms with Crippen LogP contribution in [0.1, 0.15) is 41.0 Å². The molecule has 3 rings (SSSR count). The Bertz CT molecular complexity index is 464. The van der Waals surface area contributed by atoms with Crippen LogP contribution in [0.5, 0.6) is 0 Å². The summed E-state index contributed by atoms with van der Waals surface area (Å²) in [4.78, 5) is 19.8. The lowest BCUT2D eigenvalue weighted by Crippen LogP contribution is -2.34. The number of thiazole rings is 1. The van der Waals surface area contributed by atoms with E-state index in [2.05, 4.69) is 9.88 Å². The van der Waals surface area contributed by atoms with Crippen molar-refractivity contribution < 1.29 is 9.53 Å². The van der Waals surface area contributed by atoms with Crippen LogP contribution in [0.4, 0.5) is 5.13 Å². The minimum Gasteiger partial charge on any atom is -0.384 e. The maximum atomic E-state index is 11.9. The number of piperidine rings is 1. The van der Waals surface area contributed by atoms with Crippen molar-refractivity contribution in [1.82, 2.24) is 4.98 Å². The lowest BCUT2D eigenvalue weighted by atomic mass is 9.98. The van der Waals surface area contributed by atoms with Gasteiger partial charge >= 0.3 is 0 Å². The van der Waals surface area contributed by atoms with Gasteiger partial charge in [-0.1, -0.05) is 11.3 Å². The van der Waals surface area contributed by atoms with Crippen molar-refractivity contribution in [2.75, 3.05) is 31.7 Å². The van der Waals surface area contributed by atoms with Crippen molar-refractivity contribution in [3.8, 4) is 0 Å². The van der Waals surface area contributed by atoms with E-state index in [9.17, 15) is 4.79 Å². The third-order valence-corrected chi connectivity index (χ3v) is 5.24. The second kappa shape index (κ2) is 5.59. The second-order valence-corrected chi connectivity index (χ2v) is 6.41. The van der Waals surface area contributed by atoms with Crippen LogP contribution in [-0.2, 0) is 11.2 Å². The summed E-state index contributed by atoms with van der Waals surface area (Å²) in [6.45, 7) is 2.93. The monoisotopic (exact) mass is 280 g/mol. The van der Waals surface area contributed by atoms with Gasteiger partial charge in [-0.2, -0.15) is 0 Å². The molecular formula is C14H20N2O2S. The third-order valence-electron chi connectivity index (χ3n) is 4.04. The van der Waals surface area contributed by atoms with Crippen molar-refractivity contribution in [2.45, 2.75) is 32.1 Å². The van der Waals surface area contributed by atoms with Gasteiger partial charge in [-0.25, -0.2) is 4.98 Å². The Balaban J connectivity index is 1.69. The molecule has 0 N–H and O–H groups in total. The third kappa shape index (κ3) is 2.67. The molecule has 0 saturated carbocycles. The number of anilines is 1. The number of hydrogen-bond acceptors (Lipinski definition) is 5. The Labute approximate surface area is 117 Å². The number of aryl methyl sites for hydroxylation is 1. The first kappa shape index (κ1) is 13.1. The molecule has 1 aromatic heterocycles. The van der Waals surface area contributed by atoms with Crippen molar-refractivity contribution >= 4 is 22.3 Å². The minimum atomic E-state index is 0.291. The van der Waals surface area contributed by atoms with Gasteiger partial charge < -0.3 is 9.64 Å². The van der Waals surface area contributed by atoms with Crippen LogP contribution in [-0.4, -0.2) is 37.6 Å². The maximum Gasteiger partial charge on any atom is 0.186 e. The molecule has 1 fully saturated rings. The number of carbonyl (C=O) groups is 1. The summed E-state index contributed by atoms with van der Waals surface area (Å²) in [5.74, 6) is 0.969. The SMILES string of the molecule is COCC1CCN(c2nc3c(s2)C(=O)CCC3)CC1. The Morgan fingerprint density at radius 2 is 2.16 bits per heavy atom. The van der Waals surface area contributed by atoms with E-state index >= 15 is 0 Å². The fourth-order valence-corrected chi connectivity index (χ4v) is 4.05. The summed E-state index contributed by atoms with van der Waals surface area (Å²) < 4.78 is 5.23. The normalized spacial score (nSPS) is 20.7. The van der Waals surface area contributed by atoms with E-state index in [0.717, 1.165) is 61.1 Å². The molecule has 1 saturated heterocycles. The Hall–Kier alpha value is -0.940. The zero-order valence-corrected chi connectivity index (χ0v) is 12.2. The van der Waals surface area contributed by atoms with Crippen LogP contribution in [0.2, 0.25) is 0 Å². The molecule has 1 aliphatic heterocycles. The summed E-state index contributed by atoms with van der Waals surface area (Å²) in [5.41, 5.74) is 1.04. The summed E-state index contributed by atoms with van der Waals surface area (Å²) in [6, 6.07) is 0. The highest BCUT2D eigenvalue weighted by atomic mass is 32.1. The smallest absolute Gasteiger partial charge is 0.186 e. The summed E-state index contributed by atoms with van der Waals surface area (Å²) in [5, 5.41) is 1.05. The van der Waals surface area contributed by atoms with Crippen molar-refractivity contribution in [3.63, 3.8) is 0 Å². The summed E-state index contributed by atoms with van der Waals surface area (Å²) >= 11 is 1.60. The number of ether oxygens (including phenoxy) is 1. The predicted molar refractivity (Wildman–Crippen MR) is 76.2 cm³/mol. The van der Waals surface area contributed by atoms with Gasteiger partial charge in [0.1, 0.15) is 0 Å². The van der Waals surface area contributed by atoms with E-state index in [0.29, 0.717) is 18.1 Å². The number of aromatic nitrogens is 1. The molecule has 2 aliphatic rings. The number of hydrogen-bond donors (Lipinski definition) is 0. The van der Waals surface area contributed by atoms with Crippen LogP contribution >= 0.6 is 11.3 Å². The van der Waals surface area contributed by atoms with E-state index in [1.807, 2.05) is 0 Å². The summed E-state index contributed by atoms with van der Waals surface area (Å²) in [6.07, 6.45) is 4.95. The number of nitrogens with zero attached hydrogens (tertiary/aromatic N) is 2. The maximum absolute atomic E-state index is 11.9. The number of fused-ring (bicyclic) bond motifs is 1. The van der Waals surface area contributed by atoms with Gasteiger partial charge in [0.05, 0.1) is 10.6 Å². The molecule has 0 spiro atoms. The van der Waals surface area contributed by atoms with Crippen LogP contribution in [0.25, 0.3) is 0 Å². The van der Waals surface area contributed by atoms with Crippen LogP contribution in [0.3, 0.4) is 0 Å². The lowest BCUT2D eigenvalue weighted by Gasteiger charge is -2.31. The molecule has 0 aromatic carbocycles. The number of rotatable bonds is 3. The highest BCUT2D eigenvalue weighted by Gasteiger charge is 2.26. The first-order valence-corrected chi connectivity index (χ1v) is 7.86. The highest BCUT2D eigenvalue weighted by molar-refractivity contribution is 7.17. The molecule has 1 aliphatic carbocycles. The second-order valence-electron chi connectivity index (χ2n) is 5.43. The summed E-state index contributed by atoms with van der Waals surface area (Å²) in [7, 11) is 1.77. The van der Waals surface area contributed by atoms with Gasteiger partial charge in [-0.15, -0.1) is 0 Å². The average Bonchev–Trinajstić information content (AvgIpc) is 2.85. The van der Waals surface area contributed by atoms with Gasteiger partial charge in [0, 0.05) is 33.2 Å². The first-order valence-electron chi connectivity index (χ1n) is 7.04. The van der Waals surface area contributed by atoms with Crippen LogP contribution in [0, 0.1) is 5.92 Å². The van der Waals surface area contributed by atoms with Crippen molar-refractivity contribution in [3.05, 3.63) is 10.6 Å². The zero-order valence-electron chi connectivity index (χ0n) is 11.4. The van der Waals surface area contributed by atoms with Crippen LogP contribution in [0.15, 0.2) is 0 Å². The fourth-order valence-electron chi connectivity index (χ4n) is 2.92. The molecular weight excluding hydrogens is 260 g/mol. The Morgan fingerprint density at radius 3 is 2.84 bits per heavy atom. The van der Waals surface area contributed by atoms with Crippen molar-refractivity contribution in [2.24, 2.45) is 5.92 Å². The van der Waals surface area contributed by atoms with Gasteiger partial charge in [0.2, 0.25) is 0 Å². The molecule has 0 radical (unpaired) electrons. The molecule has 4 nitrogen and oxygen atoms in total. The topological polar surface area (TPSA) is 42.4 Å². The van der Waals surface area contributed by atoms with Crippen LogP contribution < -0.4 is 4.90 Å². The Kier molecular flexibility index (Phi) is 3.84. The van der Waals surface area contributed by atoms with E-state index in [4.69, 9.17) is 4.74 Å². The van der Waals surface area contributed by atoms with Gasteiger partial charge in [0.25, 0.3) is 0 Å². The fraction of sp³-hybridized carbons (Fsp3) is 0.714. The lowest BCUT2D eigenvalue weighted by molar-refractivity contribution is 0.0976. The molecule has 104 valence electrons. The van der Waals surface area contributed by atoms with Gasteiger partial charge in [0.15, 0.2) is 10.9 Å². The first-order chi connectivity index (χ1) is 9.28. The number of ketones is 1. The van der Waals surface area contributed by atoms with Crippen molar-refractivity contribution in [1.29, 1.82) is 0 Å². The molecule has 0 bridgehead atoms. The molecule has 0 atom stereocenters. The molecule has 19 heavy (non-hydrogen) atoms. The molecule has 2 heterocycles. The highest BCUT2D eigenvalue weighted by Crippen LogP contribution is 2.33. The predicted octanol–water partition coefficient (Wildman–Crippen LogP) is 2.52. The Morgan fingerprint density at radius 1 is 1.37 bits per heavy atom. The number of carbonyl (C=O) groups excluding carboxylic acids is 1. The van der Waals surface area contributed by atoms with E-state index in [1.54, 1.807) is 18.4 Å². The molecule has 1 aromatic rings. The number of Topliss-reactive ketones (excluding diaryl/α,β-unsaturated/α-hetero) is 1. The van der Waals surface area contributed by atoms with E-state index in [-0.39, 0.29) is 0 Å². The quantitative estimate of drug-likeness (QED) is 0.853. The number of methoxy groups -OCH3 is 1.